The summed E-state index contributed by atoms with van der Waals surface area (Å²) in [6, 6.07) is 13.3. The molecule has 4 aromatic rings. The smallest absolute Gasteiger partial charge is 0.230 e. The Labute approximate surface area is 170 Å². The lowest BCUT2D eigenvalue weighted by Gasteiger charge is -2.02. The largest absolute Gasteiger partial charge is 0.350 e. The summed E-state index contributed by atoms with van der Waals surface area (Å²) in [7, 11) is 1.98. The maximum absolute atomic E-state index is 12.5. The molecule has 0 unspecified atom stereocenters. The fourth-order valence-electron chi connectivity index (χ4n) is 3.05. The third-order valence-corrected chi connectivity index (χ3v) is 5.59. The van der Waals surface area contributed by atoms with E-state index in [9.17, 15) is 4.79 Å². The molecule has 0 radical (unpaired) electrons. The van der Waals surface area contributed by atoms with Crippen molar-refractivity contribution in [3.8, 4) is 11.3 Å². The van der Waals surface area contributed by atoms with Crippen molar-refractivity contribution in [1.29, 1.82) is 0 Å². The van der Waals surface area contributed by atoms with Crippen molar-refractivity contribution in [3.05, 3.63) is 69.7 Å². The van der Waals surface area contributed by atoms with Gasteiger partial charge in [0.25, 0.3) is 0 Å². The van der Waals surface area contributed by atoms with Crippen molar-refractivity contribution in [2.45, 2.75) is 6.42 Å². The highest BCUT2D eigenvalue weighted by Crippen LogP contribution is 2.32. The van der Waals surface area contributed by atoms with E-state index in [4.69, 9.17) is 23.2 Å². The second kappa shape index (κ2) is 7.35. The van der Waals surface area contributed by atoms with Crippen molar-refractivity contribution < 1.29 is 4.79 Å². The number of hydrogen-bond donors (Lipinski definition) is 1. The first kappa shape index (κ1) is 18.0. The summed E-state index contributed by atoms with van der Waals surface area (Å²) < 4.78 is 2.03. The summed E-state index contributed by atoms with van der Waals surface area (Å²) in [4.78, 5) is 17.0. The van der Waals surface area contributed by atoms with Crippen LogP contribution in [0.25, 0.3) is 22.2 Å². The number of anilines is 1. The molecule has 0 saturated carbocycles. The van der Waals surface area contributed by atoms with E-state index in [-0.39, 0.29) is 12.3 Å². The van der Waals surface area contributed by atoms with E-state index in [0.29, 0.717) is 20.9 Å². The average Bonchev–Trinajstić information content (AvgIpc) is 3.20. The van der Waals surface area contributed by atoms with Gasteiger partial charge in [-0.25, -0.2) is 4.98 Å². The molecule has 0 atom stereocenters. The highest BCUT2D eigenvalue weighted by atomic mass is 35.5. The van der Waals surface area contributed by atoms with Crippen LogP contribution in [0.5, 0.6) is 0 Å². The van der Waals surface area contributed by atoms with Crippen LogP contribution in [0, 0.1) is 0 Å². The van der Waals surface area contributed by atoms with E-state index in [1.54, 1.807) is 12.1 Å². The molecule has 0 aliphatic carbocycles. The third kappa shape index (κ3) is 3.72. The molecule has 27 heavy (non-hydrogen) atoms. The molecule has 4 rings (SSSR count). The van der Waals surface area contributed by atoms with Crippen LogP contribution >= 0.6 is 34.5 Å². The number of para-hydroxylation sites is 1. The molecule has 0 aliphatic heterocycles. The van der Waals surface area contributed by atoms with E-state index in [1.807, 2.05) is 53.5 Å². The number of nitrogens with one attached hydrogen (secondary N) is 1. The number of aryl methyl sites for hydroxylation is 1. The van der Waals surface area contributed by atoms with E-state index < -0.39 is 0 Å². The molecule has 1 amide bonds. The van der Waals surface area contributed by atoms with Crippen LogP contribution in [-0.4, -0.2) is 15.5 Å². The fourth-order valence-corrected chi connectivity index (χ4v) is 4.29. The average molecular weight is 416 g/mol. The quantitative estimate of drug-likeness (QED) is 0.458. The Balaban J connectivity index is 1.51. The first-order valence-corrected chi connectivity index (χ1v) is 9.88. The first-order chi connectivity index (χ1) is 13.0. The van der Waals surface area contributed by atoms with Gasteiger partial charge in [0.15, 0.2) is 5.13 Å². The van der Waals surface area contributed by atoms with Crippen molar-refractivity contribution in [3.63, 3.8) is 0 Å². The highest BCUT2D eigenvalue weighted by Gasteiger charge is 2.13. The van der Waals surface area contributed by atoms with Crippen molar-refractivity contribution >= 4 is 56.5 Å². The van der Waals surface area contributed by atoms with Gasteiger partial charge in [-0.2, -0.15) is 0 Å². The Morgan fingerprint density at radius 1 is 1.22 bits per heavy atom. The van der Waals surface area contributed by atoms with Crippen LogP contribution in [0.15, 0.2) is 54.0 Å². The number of benzene rings is 2. The molecule has 2 heterocycles. The summed E-state index contributed by atoms with van der Waals surface area (Å²) in [6.07, 6.45) is 2.28. The second-order valence-electron chi connectivity index (χ2n) is 6.17. The third-order valence-electron chi connectivity index (χ3n) is 4.29. The fraction of sp³-hybridized carbons (Fsp3) is 0.100. The zero-order valence-electron chi connectivity index (χ0n) is 14.4. The van der Waals surface area contributed by atoms with Crippen molar-refractivity contribution in [2.75, 3.05) is 5.32 Å². The number of fused-ring (bicyclic) bond motifs is 1. The molecule has 0 aliphatic rings. The molecule has 4 nitrogen and oxygen atoms in total. The van der Waals surface area contributed by atoms with Gasteiger partial charge >= 0.3 is 0 Å². The number of halogens is 2. The Hall–Kier alpha value is -2.34. The zero-order valence-corrected chi connectivity index (χ0v) is 16.7. The van der Waals surface area contributed by atoms with E-state index in [1.165, 1.54) is 11.3 Å². The summed E-state index contributed by atoms with van der Waals surface area (Å²) in [5.74, 6) is -0.102. The number of amides is 1. The summed E-state index contributed by atoms with van der Waals surface area (Å²) in [6.45, 7) is 0. The van der Waals surface area contributed by atoms with Crippen molar-refractivity contribution in [1.82, 2.24) is 9.55 Å². The molecule has 0 saturated heterocycles. The summed E-state index contributed by atoms with van der Waals surface area (Å²) >= 11 is 13.5. The van der Waals surface area contributed by atoms with Gasteiger partial charge in [-0.15, -0.1) is 11.3 Å². The van der Waals surface area contributed by atoms with Crippen LogP contribution in [0.3, 0.4) is 0 Å². The number of thiazole rings is 1. The SMILES string of the molecule is Cn1cc(CC(=O)Nc2nc(-c3ccc(Cl)cc3Cl)cs2)c2ccccc21. The summed E-state index contributed by atoms with van der Waals surface area (Å²) in [5, 5.41) is 7.47. The Morgan fingerprint density at radius 2 is 2.04 bits per heavy atom. The van der Waals surface area contributed by atoms with Gasteiger partial charge in [0, 0.05) is 40.1 Å². The molecule has 2 aromatic heterocycles. The molecule has 1 N–H and O–H groups in total. The van der Waals surface area contributed by atoms with Crippen LogP contribution < -0.4 is 5.32 Å². The predicted molar refractivity (Wildman–Crippen MR) is 113 cm³/mol. The van der Waals surface area contributed by atoms with Gasteiger partial charge in [0.2, 0.25) is 5.91 Å². The van der Waals surface area contributed by atoms with Gasteiger partial charge in [-0.1, -0.05) is 41.4 Å². The van der Waals surface area contributed by atoms with E-state index in [2.05, 4.69) is 10.3 Å². The monoisotopic (exact) mass is 415 g/mol. The number of hydrogen-bond acceptors (Lipinski definition) is 3. The topological polar surface area (TPSA) is 46.9 Å². The van der Waals surface area contributed by atoms with Gasteiger partial charge in [0.1, 0.15) is 0 Å². The van der Waals surface area contributed by atoms with Crippen LogP contribution in [0.4, 0.5) is 5.13 Å². The lowest BCUT2D eigenvalue weighted by Crippen LogP contribution is -2.14. The molecular weight excluding hydrogens is 401 g/mol. The molecule has 136 valence electrons. The second-order valence-corrected chi connectivity index (χ2v) is 7.87. The number of carbonyl (C=O) groups excluding carboxylic acids is 1. The van der Waals surface area contributed by atoms with Crippen molar-refractivity contribution in [2.24, 2.45) is 7.05 Å². The Morgan fingerprint density at radius 3 is 2.85 bits per heavy atom. The molecule has 2 aromatic carbocycles. The Bertz CT molecular complexity index is 1150. The zero-order chi connectivity index (χ0) is 19.0. The van der Waals surface area contributed by atoms with Gasteiger partial charge in [-0.3, -0.25) is 4.79 Å². The molecule has 0 fully saturated rings. The minimum Gasteiger partial charge on any atom is -0.350 e. The van der Waals surface area contributed by atoms with Gasteiger partial charge in [0.05, 0.1) is 17.1 Å². The number of aromatic nitrogens is 2. The van der Waals surface area contributed by atoms with Crippen LogP contribution in [-0.2, 0) is 18.3 Å². The minimum absolute atomic E-state index is 0.102. The molecule has 0 bridgehead atoms. The van der Waals surface area contributed by atoms with E-state index in [0.717, 1.165) is 22.0 Å². The molecule has 7 heteroatoms. The molecular formula is C20H15Cl2N3OS. The first-order valence-electron chi connectivity index (χ1n) is 8.25. The van der Waals surface area contributed by atoms with Crippen LogP contribution in [0.1, 0.15) is 5.56 Å². The van der Waals surface area contributed by atoms with E-state index >= 15 is 0 Å². The maximum atomic E-state index is 12.5. The molecule has 0 spiro atoms. The normalized spacial score (nSPS) is 11.1. The highest BCUT2D eigenvalue weighted by molar-refractivity contribution is 7.14. The van der Waals surface area contributed by atoms with Crippen LogP contribution in [0.2, 0.25) is 10.0 Å². The maximum Gasteiger partial charge on any atom is 0.230 e. The number of nitrogens with zero attached hydrogens (tertiary/aromatic N) is 2. The lowest BCUT2D eigenvalue weighted by molar-refractivity contribution is -0.115. The van der Waals surface area contributed by atoms with Gasteiger partial charge in [-0.05, 0) is 29.8 Å². The Kier molecular flexibility index (Phi) is 4.91. The predicted octanol–water partition coefficient (Wildman–Crippen LogP) is 5.79. The van der Waals surface area contributed by atoms with Gasteiger partial charge < -0.3 is 9.88 Å². The summed E-state index contributed by atoms with van der Waals surface area (Å²) in [5.41, 5.74) is 3.59. The standard InChI is InChI=1S/C20H15Cl2N3OS/c1-25-10-12(14-4-2-3-5-18(14)25)8-19(26)24-20-23-17(11-27-20)15-7-6-13(21)9-16(15)22/h2-7,9-11H,8H2,1H3,(H,23,24,26). The minimum atomic E-state index is -0.102. The number of rotatable bonds is 4. The lowest BCUT2D eigenvalue weighted by atomic mass is 10.1. The number of carbonyl (C=O) groups is 1.